The molecule has 1 heterocycles. The summed E-state index contributed by atoms with van der Waals surface area (Å²) in [5.41, 5.74) is 0.999. The van der Waals surface area contributed by atoms with Gasteiger partial charge in [0.2, 0.25) is 0 Å². The maximum atomic E-state index is 10.4. The van der Waals surface area contributed by atoms with Crippen LogP contribution in [-0.4, -0.2) is 42.4 Å². The van der Waals surface area contributed by atoms with Crippen molar-refractivity contribution in [3.8, 4) is 0 Å². The van der Waals surface area contributed by atoms with Gasteiger partial charge in [0, 0.05) is 26.2 Å². The summed E-state index contributed by atoms with van der Waals surface area (Å²) in [6.45, 7) is 4.11. The number of hydrogen-bond acceptors (Lipinski definition) is 3. The van der Waals surface area contributed by atoms with Crippen LogP contribution < -0.4 is 0 Å². The number of benzene rings is 1. The predicted octanol–water partition coefficient (Wildman–Crippen LogP) is 2.22. The average molecular weight is 249 g/mol. The maximum Gasteiger partial charge on any atom is 0.0942 e. The minimum absolute atomic E-state index is 0.158. The van der Waals surface area contributed by atoms with E-state index in [0.29, 0.717) is 6.10 Å². The van der Waals surface area contributed by atoms with Crippen molar-refractivity contribution in [1.82, 2.24) is 4.90 Å². The zero-order valence-corrected chi connectivity index (χ0v) is 11.2. The van der Waals surface area contributed by atoms with Gasteiger partial charge in [0.1, 0.15) is 0 Å². The van der Waals surface area contributed by atoms with Gasteiger partial charge in [-0.25, -0.2) is 0 Å². The molecule has 1 fully saturated rings. The largest absolute Gasteiger partial charge is 0.387 e. The number of ether oxygens (including phenoxy) is 1. The molecule has 0 bridgehead atoms. The highest BCUT2D eigenvalue weighted by Gasteiger charge is 2.27. The van der Waals surface area contributed by atoms with E-state index >= 15 is 0 Å². The summed E-state index contributed by atoms with van der Waals surface area (Å²) in [5, 5.41) is 10.4. The second kappa shape index (κ2) is 6.32. The summed E-state index contributed by atoms with van der Waals surface area (Å²) in [6, 6.07) is 10.1. The van der Waals surface area contributed by atoms with Gasteiger partial charge in [-0.2, -0.15) is 0 Å². The van der Waals surface area contributed by atoms with E-state index in [1.165, 1.54) is 0 Å². The summed E-state index contributed by atoms with van der Waals surface area (Å²) in [4.78, 5) is 2.35. The molecule has 0 amide bonds. The quantitative estimate of drug-likeness (QED) is 0.888. The van der Waals surface area contributed by atoms with Crippen LogP contribution in [0, 0.1) is 0 Å². The third-order valence-electron chi connectivity index (χ3n) is 3.98. The predicted molar refractivity (Wildman–Crippen MR) is 72.5 cm³/mol. The fourth-order valence-electron chi connectivity index (χ4n) is 2.65. The lowest BCUT2D eigenvalue weighted by Gasteiger charge is -2.37. The van der Waals surface area contributed by atoms with E-state index in [2.05, 4.69) is 11.8 Å². The van der Waals surface area contributed by atoms with Gasteiger partial charge < -0.3 is 9.84 Å². The molecule has 1 N–H and O–H groups in total. The third-order valence-corrected chi connectivity index (χ3v) is 3.98. The zero-order valence-electron chi connectivity index (χ0n) is 11.2. The van der Waals surface area contributed by atoms with Crippen LogP contribution in [0.1, 0.15) is 31.4 Å². The second-order valence-electron chi connectivity index (χ2n) is 5.07. The Morgan fingerprint density at radius 1 is 1.22 bits per heavy atom. The number of aliphatic hydroxyl groups excluding tert-OH is 1. The van der Waals surface area contributed by atoms with Crippen LogP contribution >= 0.6 is 0 Å². The van der Waals surface area contributed by atoms with Gasteiger partial charge in [0.25, 0.3) is 0 Å². The smallest absolute Gasteiger partial charge is 0.0942 e. The van der Waals surface area contributed by atoms with Crippen LogP contribution in [0.25, 0.3) is 0 Å². The van der Waals surface area contributed by atoms with E-state index in [-0.39, 0.29) is 6.04 Å². The molecule has 1 aliphatic heterocycles. The van der Waals surface area contributed by atoms with E-state index in [9.17, 15) is 5.11 Å². The Bertz CT molecular complexity index is 347. The van der Waals surface area contributed by atoms with Gasteiger partial charge in [-0.15, -0.1) is 0 Å². The van der Waals surface area contributed by atoms with Gasteiger partial charge in [-0.05, 0) is 25.3 Å². The Kier molecular flexibility index (Phi) is 4.75. The van der Waals surface area contributed by atoms with Gasteiger partial charge >= 0.3 is 0 Å². The molecule has 0 aliphatic carbocycles. The minimum Gasteiger partial charge on any atom is -0.387 e. The molecule has 18 heavy (non-hydrogen) atoms. The molecular formula is C15H23NO2. The SMILES string of the molecule is COC1CCN(C(C)C(O)c2ccccc2)CC1. The van der Waals surface area contributed by atoms with Crippen LogP contribution in [-0.2, 0) is 4.74 Å². The summed E-state index contributed by atoms with van der Waals surface area (Å²) in [5.74, 6) is 0. The fraction of sp³-hybridized carbons (Fsp3) is 0.600. The molecule has 2 atom stereocenters. The van der Waals surface area contributed by atoms with Gasteiger partial charge in [0.05, 0.1) is 12.2 Å². The fourth-order valence-corrected chi connectivity index (χ4v) is 2.65. The molecule has 0 radical (unpaired) electrons. The normalized spacial score (nSPS) is 21.7. The number of methoxy groups -OCH3 is 1. The van der Waals surface area contributed by atoms with E-state index in [1.54, 1.807) is 7.11 Å². The first-order valence-corrected chi connectivity index (χ1v) is 6.72. The molecule has 0 spiro atoms. The molecule has 1 saturated heterocycles. The Morgan fingerprint density at radius 2 is 1.83 bits per heavy atom. The zero-order chi connectivity index (χ0) is 13.0. The first-order valence-electron chi connectivity index (χ1n) is 6.72. The van der Waals surface area contributed by atoms with Crippen LogP contribution in [0.15, 0.2) is 30.3 Å². The molecule has 2 rings (SSSR count). The average Bonchev–Trinajstić information content (AvgIpc) is 2.47. The Morgan fingerprint density at radius 3 is 2.39 bits per heavy atom. The third kappa shape index (κ3) is 3.10. The molecule has 0 saturated carbocycles. The molecular weight excluding hydrogens is 226 g/mol. The molecule has 100 valence electrons. The van der Waals surface area contributed by atoms with Gasteiger partial charge in [-0.1, -0.05) is 30.3 Å². The molecule has 0 aromatic heterocycles. The molecule has 1 aliphatic rings. The van der Waals surface area contributed by atoms with Crippen molar-refractivity contribution >= 4 is 0 Å². The second-order valence-corrected chi connectivity index (χ2v) is 5.07. The topological polar surface area (TPSA) is 32.7 Å². The van der Waals surface area contributed by atoms with E-state index in [0.717, 1.165) is 31.5 Å². The molecule has 3 heteroatoms. The van der Waals surface area contributed by atoms with Crippen LogP contribution in [0.5, 0.6) is 0 Å². The van der Waals surface area contributed by atoms with E-state index < -0.39 is 6.10 Å². The van der Waals surface area contributed by atoms with Crippen molar-refractivity contribution in [2.45, 2.75) is 38.0 Å². The number of nitrogens with zero attached hydrogens (tertiary/aromatic N) is 1. The van der Waals surface area contributed by atoms with Gasteiger partial charge in [-0.3, -0.25) is 4.90 Å². The molecule has 2 unspecified atom stereocenters. The number of likely N-dealkylation sites (tertiary alicyclic amines) is 1. The summed E-state index contributed by atoms with van der Waals surface area (Å²) < 4.78 is 5.38. The summed E-state index contributed by atoms with van der Waals surface area (Å²) >= 11 is 0. The van der Waals surface area contributed by atoms with Crippen LogP contribution in [0.3, 0.4) is 0 Å². The summed E-state index contributed by atoms with van der Waals surface area (Å²) in [6.07, 6.45) is 2.10. The number of rotatable bonds is 4. The monoisotopic (exact) mass is 249 g/mol. The highest BCUT2D eigenvalue weighted by Crippen LogP contribution is 2.24. The number of aliphatic hydroxyl groups is 1. The highest BCUT2D eigenvalue weighted by atomic mass is 16.5. The maximum absolute atomic E-state index is 10.4. The van der Waals surface area contributed by atoms with Crippen molar-refractivity contribution in [3.63, 3.8) is 0 Å². The molecule has 1 aromatic rings. The summed E-state index contributed by atoms with van der Waals surface area (Å²) in [7, 11) is 1.78. The Balaban J connectivity index is 1.93. The lowest BCUT2D eigenvalue weighted by molar-refractivity contribution is -0.00215. The van der Waals surface area contributed by atoms with Crippen molar-refractivity contribution in [2.75, 3.05) is 20.2 Å². The van der Waals surface area contributed by atoms with Gasteiger partial charge in [0.15, 0.2) is 0 Å². The number of hydrogen-bond donors (Lipinski definition) is 1. The standard InChI is InChI=1S/C15H23NO2/c1-12(15(17)13-6-4-3-5-7-13)16-10-8-14(18-2)9-11-16/h3-7,12,14-15,17H,8-11H2,1-2H3. The van der Waals surface area contributed by atoms with Crippen LogP contribution in [0.4, 0.5) is 0 Å². The first kappa shape index (κ1) is 13.5. The lowest BCUT2D eigenvalue weighted by atomic mass is 9.99. The first-order chi connectivity index (χ1) is 8.72. The van der Waals surface area contributed by atoms with Crippen molar-refractivity contribution < 1.29 is 9.84 Å². The van der Waals surface area contributed by atoms with E-state index in [1.807, 2.05) is 30.3 Å². The molecule has 3 nitrogen and oxygen atoms in total. The van der Waals surface area contributed by atoms with Crippen molar-refractivity contribution in [1.29, 1.82) is 0 Å². The lowest BCUT2D eigenvalue weighted by Crippen LogP contribution is -2.44. The minimum atomic E-state index is -0.412. The Labute approximate surface area is 109 Å². The van der Waals surface area contributed by atoms with Crippen molar-refractivity contribution in [2.24, 2.45) is 0 Å². The Hall–Kier alpha value is -0.900. The van der Waals surface area contributed by atoms with Crippen molar-refractivity contribution in [3.05, 3.63) is 35.9 Å². The highest BCUT2D eigenvalue weighted by molar-refractivity contribution is 5.18. The molecule has 1 aromatic carbocycles. The number of piperidine rings is 1. The van der Waals surface area contributed by atoms with E-state index in [4.69, 9.17) is 4.74 Å². The van der Waals surface area contributed by atoms with Crippen LogP contribution in [0.2, 0.25) is 0 Å².